The van der Waals surface area contributed by atoms with Crippen molar-refractivity contribution in [3.63, 3.8) is 0 Å². The number of sulfonamides is 1. The van der Waals surface area contributed by atoms with Crippen molar-refractivity contribution in [3.05, 3.63) is 18.2 Å². The van der Waals surface area contributed by atoms with Gasteiger partial charge in [0.25, 0.3) is 0 Å². The average Bonchev–Trinajstić information content (AvgIpc) is 3.27. The molecule has 0 bridgehead atoms. The Hall–Kier alpha value is -1.16. The number of benzene rings is 1. The summed E-state index contributed by atoms with van der Waals surface area (Å²) in [6, 6.07) is 3.40. The third kappa shape index (κ3) is 3.78. The lowest BCUT2D eigenvalue weighted by Gasteiger charge is -2.18. The molecule has 124 valence electrons. The lowest BCUT2D eigenvalue weighted by molar-refractivity contribution is 0.401. The van der Waals surface area contributed by atoms with Crippen molar-refractivity contribution < 1.29 is 21.6 Å². The Bertz CT molecular complexity index is 755. The van der Waals surface area contributed by atoms with E-state index in [0.717, 1.165) is 25.2 Å². The van der Waals surface area contributed by atoms with Crippen LogP contribution >= 0.6 is 0 Å². The van der Waals surface area contributed by atoms with Gasteiger partial charge in [-0.15, -0.1) is 0 Å². The van der Waals surface area contributed by atoms with Gasteiger partial charge in [0.05, 0.1) is 12.0 Å². The van der Waals surface area contributed by atoms with Gasteiger partial charge < -0.3 is 10.5 Å². The first-order valence-corrected chi connectivity index (χ1v) is 10.2. The number of sulfone groups is 1. The van der Waals surface area contributed by atoms with E-state index in [9.17, 15) is 16.8 Å². The van der Waals surface area contributed by atoms with Crippen molar-refractivity contribution in [2.45, 2.75) is 28.7 Å². The summed E-state index contributed by atoms with van der Waals surface area (Å²) in [5, 5.41) is 0. The second-order valence-electron chi connectivity index (χ2n) is 5.39. The van der Waals surface area contributed by atoms with Gasteiger partial charge >= 0.3 is 0 Å². The SMILES string of the molecule is COc1ccc(S(C)(=O)=O)cc1S(=O)(=O)NC(CN)C1CC1. The minimum Gasteiger partial charge on any atom is -0.495 e. The van der Waals surface area contributed by atoms with Crippen molar-refractivity contribution in [1.29, 1.82) is 0 Å². The van der Waals surface area contributed by atoms with Crippen molar-refractivity contribution in [2.75, 3.05) is 19.9 Å². The fourth-order valence-electron chi connectivity index (χ4n) is 2.20. The predicted octanol–water partition coefficient (Wildman–Crippen LogP) is 0.114. The van der Waals surface area contributed by atoms with E-state index >= 15 is 0 Å². The highest BCUT2D eigenvalue weighted by atomic mass is 32.2. The normalized spacial score (nSPS) is 17.2. The Morgan fingerprint density at radius 2 is 1.95 bits per heavy atom. The van der Waals surface area contributed by atoms with Crippen LogP contribution in [0, 0.1) is 5.92 Å². The standard InChI is InChI=1S/C13H20N2O5S2/c1-20-12-6-5-10(21(2,16)17)7-13(12)22(18,19)15-11(8-14)9-3-4-9/h5-7,9,11,15H,3-4,8,14H2,1-2H3. The van der Waals surface area contributed by atoms with Crippen molar-refractivity contribution in [2.24, 2.45) is 11.7 Å². The van der Waals surface area contributed by atoms with Crippen molar-refractivity contribution in [1.82, 2.24) is 4.72 Å². The third-order valence-corrected chi connectivity index (χ3v) is 6.23. The molecule has 0 aliphatic heterocycles. The Balaban J connectivity index is 2.43. The first-order chi connectivity index (χ1) is 10.2. The molecule has 1 aromatic carbocycles. The lowest BCUT2D eigenvalue weighted by atomic mass is 10.2. The molecule has 0 aromatic heterocycles. The summed E-state index contributed by atoms with van der Waals surface area (Å²) >= 11 is 0. The first-order valence-electron chi connectivity index (χ1n) is 6.79. The highest BCUT2D eigenvalue weighted by Crippen LogP contribution is 2.34. The Morgan fingerprint density at radius 3 is 2.41 bits per heavy atom. The van der Waals surface area contributed by atoms with Gasteiger partial charge in [-0.05, 0) is 37.0 Å². The molecule has 7 nitrogen and oxygen atoms in total. The molecule has 1 atom stereocenters. The van der Waals surface area contributed by atoms with Gasteiger partial charge in [0.2, 0.25) is 10.0 Å². The van der Waals surface area contributed by atoms with Gasteiger partial charge in [-0.2, -0.15) is 0 Å². The molecular formula is C13H20N2O5S2. The van der Waals surface area contributed by atoms with Crippen LogP contribution in [-0.4, -0.2) is 42.8 Å². The van der Waals surface area contributed by atoms with Gasteiger partial charge in [0, 0.05) is 18.8 Å². The summed E-state index contributed by atoms with van der Waals surface area (Å²) in [6.45, 7) is 0.192. The molecule has 0 saturated heterocycles. The van der Waals surface area contributed by atoms with Crippen LogP contribution in [0.4, 0.5) is 0 Å². The zero-order valence-corrected chi connectivity index (χ0v) is 14.1. The van der Waals surface area contributed by atoms with Crippen molar-refractivity contribution >= 4 is 19.9 Å². The van der Waals surface area contributed by atoms with Gasteiger partial charge in [0.1, 0.15) is 10.6 Å². The highest BCUT2D eigenvalue weighted by Gasteiger charge is 2.34. The van der Waals surface area contributed by atoms with Crippen LogP contribution in [-0.2, 0) is 19.9 Å². The molecule has 0 radical (unpaired) electrons. The number of nitrogens with one attached hydrogen (secondary N) is 1. The number of hydrogen-bond donors (Lipinski definition) is 2. The van der Waals surface area contributed by atoms with Crippen LogP contribution in [0.5, 0.6) is 5.75 Å². The van der Waals surface area contributed by atoms with E-state index in [2.05, 4.69) is 4.72 Å². The zero-order valence-electron chi connectivity index (χ0n) is 12.4. The minimum atomic E-state index is -3.92. The fraction of sp³-hybridized carbons (Fsp3) is 0.538. The Morgan fingerprint density at radius 1 is 1.32 bits per heavy atom. The van der Waals surface area contributed by atoms with Crippen LogP contribution in [0.2, 0.25) is 0 Å². The van der Waals surface area contributed by atoms with Gasteiger partial charge in [0.15, 0.2) is 9.84 Å². The number of methoxy groups -OCH3 is 1. The molecule has 0 amide bonds. The monoisotopic (exact) mass is 348 g/mol. The van der Waals surface area contributed by atoms with Gasteiger partial charge in [-0.25, -0.2) is 21.6 Å². The summed E-state index contributed by atoms with van der Waals surface area (Å²) in [7, 11) is -6.11. The van der Waals surface area contributed by atoms with Crippen LogP contribution in [0.3, 0.4) is 0 Å². The summed E-state index contributed by atoms with van der Waals surface area (Å²) < 4.78 is 56.0. The quantitative estimate of drug-likeness (QED) is 0.723. The maximum Gasteiger partial charge on any atom is 0.244 e. The molecule has 2 rings (SSSR count). The van der Waals surface area contributed by atoms with E-state index < -0.39 is 19.9 Å². The molecular weight excluding hydrogens is 328 g/mol. The van der Waals surface area contributed by atoms with Gasteiger partial charge in [-0.1, -0.05) is 0 Å². The molecule has 0 heterocycles. The van der Waals surface area contributed by atoms with E-state index in [1.165, 1.54) is 19.2 Å². The summed E-state index contributed by atoms with van der Waals surface area (Å²) in [6.07, 6.45) is 2.89. The van der Waals surface area contributed by atoms with Crippen LogP contribution in [0.25, 0.3) is 0 Å². The molecule has 1 saturated carbocycles. The van der Waals surface area contributed by atoms with E-state index in [0.29, 0.717) is 0 Å². The number of hydrogen-bond acceptors (Lipinski definition) is 6. The molecule has 1 unspecified atom stereocenters. The van der Waals surface area contributed by atoms with Crippen LogP contribution < -0.4 is 15.2 Å². The lowest BCUT2D eigenvalue weighted by Crippen LogP contribution is -2.41. The molecule has 1 aliphatic rings. The fourth-order valence-corrected chi connectivity index (χ4v) is 4.43. The molecule has 1 fully saturated rings. The Kier molecular flexibility index (Phi) is 4.81. The molecule has 0 spiro atoms. The molecule has 1 aliphatic carbocycles. The zero-order chi connectivity index (χ0) is 16.5. The Labute approximate surface area is 130 Å². The molecule has 22 heavy (non-hydrogen) atoms. The van der Waals surface area contributed by atoms with E-state index in [1.807, 2.05) is 0 Å². The third-order valence-electron chi connectivity index (χ3n) is 3.60. The summed E-state index contributed by atoms with van der Waals surface area (Å²) in [4.78, 5) is -0.276. The topological polar surface area (TPSA) is 116 Å². The van der Waals surface area contributed by atoms with Crippen LogP contribution in [0.1, 0.15) is 12.8 Å². The maximum atomic E-state index is 12.6. The smallest absolute Gasteiger partial charge is 0.244 e. The first kappa shape index (κ1) is 17.2. The maximum absolute atomic E-state index is 12.6. The van der Waals surface area contributed by atoms with E-state index in [1.54, 1.807) is 0 Å². The number of rotatable bonds is 7. The minimum absolute atomic E-state index is 0.0793. The van der Waals surface area contributed by atoms with Crippen LogP contribution in [0.15, 0.2) is 28.0 Å². The molecule has 9 heteroatoms. The van der Waals surface area contributed by atoms with Gasteiger partial charge in [-0.3, -0.25) is 0 Å². The number of ether oxygens (including phenoxy) is 1. The van der Waals surface area contributed by atoms with E-state index in [4.69, 9.17) is 10.5 Å². The summed E-state index contributed by atoms with van der Waals surface area (Å²) in [5.74, 6) is 0.329. The van der Waals surface area contributed by atoms with E-state index in [-0.39, 0.29) is 34.0 Å². The highest BCUT2D eigenvalue weighted by molar-refractivity contribution is 7.91. The number of nitrogens with two attached hydrogens (primary N) is 1. The molecule has 1 aromatic rings. The molecule has 3 N–H and O–H groups in total. The second-order valence-corrected chi connectivity index (χ2v) is 9.08. The largest absolute Gasteiger partial charge is 0.495 e. The predicted molar refractivity (Wildman–Crippen MR) is 82.0 cm³/mol. The second kappa shape index (κ2) is 6.15. The average molecular weight is 348 g/mol. The summed E-state index contributed by atoms with van der Waals surface area (Å²) in [5.41, 5.74) is 5.61. The van der Waals surface area contributed by atoms with Crippen molar-refractivity contribution in [3.8, 4) is 5.75 Å².